The van der Waals surface area contributed by atoms with Crippen LogP contribution in [0, 0.1) is 0 Å². The van der Waals surface area contributed by atoms with Crippen LogP contribution in [-0.4, -0.2) is 21.4 Å². The molecular formula is C19H16N4O4S. The van der Waals surface area contributed by atoms with Gasteiger partial charge in [-0.05, 0) is 37.3 Å². The molecule has 0 radical (unpaired) electrons. The Morgan fingerprint density at radius 3 is 2.75 bits per heavy atom. The molecule has 0 saturated carbocycles. The Balaban J connectivity index is 1.59. The van der Waals surface area contributed by atoms with E-state index in [-0.39, 0.29) is 11.8 Å². The minimum atomic E-state index is -0.780. The molecule has 2 amide bonds. The SMILES string of the molecule is CC(=O)Nc1ccc2nc(NC(=O)C(C)n3c(=O)oc4ccccc43)sc2c1. The second kappa shape index (κ2) is 6.93. The van der Waals surface area contributed by atoms with Gasteiger partial charge in [0.2, 0.25) is 11.8 Å². The first-order valence-corrected chi connectivity index (χ1v) is 9.33. The van der Waals surface area contributed by atoms with Crippen LogP contribution < -0.4 is 16.4 Å². The number of thiazole rings is 1. The maximum Gasteiger partial charge on any atom is 0.420 e. The highest BCUT2D eigenvalue weighted by atomic mass is 32.1. The Morgan fingerprint density at radius 1 is 1.18 bits per heavy atom. The van der Waals surface area contributed by atoms with E-state index < -0.39 is 11.8 Å². The van der Waals surface area contributed by atoms with Crippen LogP contribution in [0.1, 0.15) is 19.9 Å². The number of nitrogens with zero attached hydrogens (tertiary/aromatic N) is 2. The summed E-state index contributed by atoms with van der Waals surface area (Å²) in [5.41, 5.74) is 2.34. The van der Waals surface area contributed by atoms with Gasteiger partial charge in [-0.25, -0.2) is 9.78 Å². The highest BCUT2D eigenvalue weighted by Crippen LogP contribution is 2.29. The average molecular weight is 396 g/mol. The van der Waals surface area contributed by atoms with Gasteiger partial charge in [-0.2, -0.15) is 0 Å². The molecule has 4 rings (SSSR count). The van der Waals surface area contributed by atoms with Gasteiger partial charge in [0.25, 0.3) is 0 Å². The van der Waals surface area contributed by atoms with Crippen LogP contribution in [-0.2, 0) is 9.59 Å². The molecule has 142 valence electrons. The Bertz CT molecular complexity index is 1270. The van der Waals surface area contributed by atoms with E-state index in [0.717, 1.165) is 4.70 Å². The first kappa shape index (κ1) is 17.9. The van der Waals surface area contributed by atoms with E-state index in [1.54, 1.807) is 49.4 Å². The smallest absolute Gasteiger partial charge is 0.408 e. The summed E-state index contributed by atoms with van der Waals surface area (Å²) < 4.78 is 7.33. The van der Waals surface area contributed by atoms with Crippen molar-refractivity contribution in [3.8, 4) is 0 Å². The zero-order chi connectivity index (χ0) is 19.8. The fourth-order valence-electron chi connectivity index (χ4n) is 2.94. The number of rotatable bonds is 4. The minimum Gasteiger partial charge on any atom is -0.408 e. The number of benzene rings is 2. The number of carbonyl (C=O) groups excluding carboxylic acids is 2. The summed E-state index contributed by atoms with van der Waals surface area (Å²) in [7, 11) is 0. The highest BCUT2D eigenvalue weighted by molar-refractivity contribution is 7.22. The standard InChI is InChI=1S/C19H16N4O4S/c1-10(23-14-5-3-4-6-15(14)27-19(23)26)17(25)22-18-21-13-8-7-12(20-11(2)24)9-16(13)28-18/h3-10H,1-2H3,(H,20,24)(H,21,22,25). The van der Waals surface area contributed by atoms with Crippen molar-refractivity contribution in [2.24, 2.45) is 0 Å². The molecule has 2 heterocycles. The van der Waals surface area contributed by atoms with Crippen LogP contribution in [0.25, 0.3) is 21.3 Å². The van der Waals surface area contributed by atoms with Crippen molar-refractivity contribution in [2.75, 3.05) is 10.6 Å². The summed E-state index contributed by atoms with van der Waals surface area (Å²) in [5.74, 6) is -1.13. The maximum atomic E-state index is 12.7. The van der Waals surface area contributed by atoms with Crippen molar-refractivity contribution in [2.45, 2.75) is 19.9 Å². The zero-order valence-electron chi connectivity index (χ0n) is 15.1. The van der Waals surface area contributed by atoms with Crippen LogP contribution >= 0.6 is 11.3 Å². The van der Waals surface area contributed by atoms with Gasteiger partial charge in [-0.3, -0.25) is 14.2 Å². The lowest BCUT2D eigenvalue weighted by Gasteiger charge is -2.11. The summed E-state index contributed by atoms with van der Waals surface area (Å²) in [6.45, 7) is 3.06. The molecule has 0 aliphatic carbocycles. The number of oxazole rings is 1. The molecule has 0 fully saturated rings. The van der Waals surface area contributed by atoms with E-state index in [9.17, 15) is 14.4 Å². The lowest BCUT2D eigenvalue weighted by molar-refractivity contribution is -0.119. The quantitative estimate of drug-likeness (QED) is 0.550. The molecule has 2 aromatic carbocycles. The summed E-state index contributed by atoms with van der Waals surface area (Å²) in [5, 5.41) is 5.87. The lowest BCUT2D eigenvalue weighted by atomic mass is 10.2. The summed E-state index contributed by atoms with van der Waals surface area (Å²) in [6.07, 6.45) is 0. The summed E-state index contributed by atoms with van der Waals surface area (Å²) in [4.78, 5) is 40.4. The predicted octanol–water partition coefficient (Wildman–Crippen LogP) is 3.36. The number of nitrogens with one attached hydrogen (secondary N) is 2. The average Bonchev–Trinajstić information content (AvgIpc) is 3.19. The van der Waals surface area contributed by atoms with E-state index in [4.69, 9.17) is 4.42 Å². The van der Waals surface area contributed by atoms with Gasteiger partial charge in [0.1, 0.15) is 6.04 Å². The van der Waals surface area contributed by atoms with Gasteiger partial charge >= 0.3 is 5.76 Å². The molecule has 4 aromatic rings. The summed E-state index contributed by atoms with van der Waals surface area (Å²) >= 11 is 1.28. The molecule has 0 aliphatic heterocycles. The predicted molar refractivity (Wildman–Crippen MR) is 108 cm³/mol. The molecule has 1 atom stereocenters. The number of aromatic nitrogens is 2. The van der Waals surface area contributed by atoms with Crippen molar-refractivity contribution >= 4 is 55.3 Å². The second-order valence-electron chi connectivity index (χ2n) is 6.25. The number of amides is 2. The van der Waals surface area contributed by atoms with Gasteiger partial charge in [0.05, 0.1) is 15.7 Å². The van der Waals surface area contributed by atoms with Crippen LogP contribution in [0.5, 0.6) is 0 Å². The zero-order valence-corrected chi connectivity index (χ0v) is 15.9. The van der Waals surface area contributed by atoms with E-state index >= 15 is 0 Å². The normalized spacial score (nSPS) is 12.2. The highest BCUT2D eigenvalue weighted by Gasteiger charge is 2.22. The lowest BCUT2D eigenvalue weighted by Crippen LogP contribution is -2.29. The fraction of sp³-hybridized carbons (Fsp3) is 0.158. The van der Waals surface area contributed by atoms with Crippen molar-refractivity contribution in [3.05, 3.63) is 53.0 Å². The van der Waals surface area contributed by atoms with E-state index in [2.05, 4.69) is 15.6 Å². The monoisotopic (exact) mass is 396 g/mol. The van der Waals surface area contributed by atoms with E-state index in [0.29, 0.717) is 27.4 Å². The second-order valence-corrected chi connectivity index (χ2v) is 7.28. The molecule has 0 saturated heterocycles. The Hall–Kier alpha value is -3.46. The van der Waals surface area contributed by atoms with Gasteiger partial charge in [-0.1, -0.05) is 23.5 Å². The number of hydrogen-bond acceptors (Lipinski definition) is 6. The van der Waals surface area contributed by atoms with Crippen molar-refractivity contribution < 1.29 is 14.0 Å². The van der Waals surface area contributed by atoms with Crippen LogP contribution in [0.3, 0.4) is 0 Å². The molecule has 1 unspecified atom stereocenters. The molecule has 0 aliphatic rings. The molecule has 28 heavy (non-hydrogen) atoms. The Morgan fingerprint density at radius 2 is 1.96 bits per heavy atom. The molecule has 9 heteroatoms. The number of carbonyl (C=O) groups is 2. The third kappa shape index (κ3) is 3.27. The van der Waals surface area contributed by atoms with Gasteiger partial charge in [0.15, 0.2) is 10.7 Å². The Kier molecular flexibility index (Phi) is 4.44. The number of fused-ring (bicyclic) bond motifs is 2. The van der Waals surface area contributed by atoms with Crippen LogP contribution in [0.4, 0.5) is 10.8 Å². The first-order valence-electron chi connectivity index (χ1n) is 8.51. The van der Waals surface area contributed by atoms with Crippen molar-refractivity contribution in [1.82, 2.24) is 9.55 Å². The molecule has 8 nitrogen and oxygen atoms in total. The van der Waals surface area contributed by atoms with Gasteiger partial charge in [-0.15, -0.1) is 0 Å². The van der Waals surface area contributed by atoms with E-state index in [1.165, 1.54) is 22.8 Å². The summed E-state index contributed by atoms with van der Waals surface area (Å²) in [6, 6.07) is 11.5. The van der Waals surface area contributed by atoms with Crippen LogP contribution in [0.2, 0.25) is 0 Å². The molecule has 0 bridgehead atoms. The topological polar surface area (TPSA) is 106 Å². The maximum absolute atomic E-state index is 12.7. The number of para-hydroxylation sites is 2. The Labute approximate surface area is 162 Å². The fourth-order valence-corrected chi connectivity index (χ4v) is 3.85. The largest absolute Gasteiger partial charge is 0.420 e. The molecule has 0 spiro atoms. The number of hydrogen-bond donors (Lipinski definition) is 2. The minimum absolute atomic E-state index is 0.163. The van der Waals surface area contributed by atoms with Gasteiger partial charge in [0, 0.05) is 12.6 Å². The van der Waals surface area contributed by atoms with Gasteiger partial charge < -0.3 is 15.1 Å². The molecular weight excluding hydrogens is 380 g/mol. The molecule has 2 N–H and O–H groups in total. The van der Waals surface area contributed by atoms with Crippen LogP contribution in [0.15, 0.2) is 51.7 Å². The van der Waals surface area contributed by atoms with Crippen molar-refractivity contribution in [1.29, 1.82) is 0 Å². The van der Waals surface area contributed by atoms with E-state index in [1.807, 2.05) is 0 Å². The number of anilines is 2. The third-order valence-electron chi connectivity index (χ3n) is 4.22. The molecule has 2 aromatic heterocycles. The first-order chi connectivity index (χ1) is 13.4. The third-order valence-corrected chi connectivity index (χ3v) is 5.16. The van der Waals surface area contributed by atoms with Crippen molar-refractivity contribution in [3.63, 3.8) is 0 Å².